The molecule has 3 rings (SSSR count). The lowest BCUT2D eigenvalue weighted by molar-refractivity contribution is -0.159. The predicted octanol–water partition coefficient (Wildman–Crippen LogP) is 0.475. The highest BCUT2D eigenvalue weighted by molar-refractivity contribution is 5.86. The molecule has 0 unspecified atom stereocenters. The second-order valence-corrected chi connectivity index (χ2v) is 4.88. The summed E-state index contributed by atoms with van der Waals surface area (Å²) in [5, 5.41) is 8.97. The van der Waals surface area contributed by atoms with Crippen molar-refractivity contribution in [2.75, 3.05) is 26.3 Å². The normalized spacial score (nSPS) is 24.9. The summed E-state index contributed by atoms with van der Waals surface area (Å²) >= 11 is 0. The zero-order valence-electron chi connectivity index (χ0n) is 10.8. The molecule has 6 nitrogen and oxygen atoms in total. The summed E-state index contributed by atoms with van der Waals surface area (Å²) in [6, 6.07) is 7.44. The molecule has 20 heavy (non-hydrogen) atoms. The fourth-order valence-corrected chi connectivity index (χ4v) is 2.59. The van der Waals surface area contributed by atoms with Crippen LogP contribution in [-0.2, 0) is 14.3 Å². The summed E-state index contributed by atoms with van der Waals surface area (Å²) < 4.78 is 10.6. The van der Waals surface area contributed by atoms with Gasteiger partial charge in [-0.1, -0.05) is 18.2 Å². The van der Waals surface area contributed by atoms with Gasteiger partial charge in [-0.2, -0.15) is 0 Å². The molecule has 0 aliphatic carbocycles. The van der Waals surface area contributed by atoms with Crippen LogP contribution in [0.4, 0.5) is 0 Å². The van der Waals surface area contributed by atoms with E-state index in [0.29, 0.717) is 13.2 Å². The van der Waals surface area contributed by atoms with Gasteiger partial charge in [-0.25, -0.2) is 4.79 Å². The molecule has 106 valence electrons. The second-order valence-electron chi connectivity index (χ2n) is 4.88. The summed E-state index contributed by atoms with van der Waals surface area (Å²) in [4.78, 5) is 25.0. The number of nitrogens with zero attached hydrogens (tertiary/aromatic N) is 1. The molecule has 1 N–H and O–H groups in total. The zero-order chi connectivity index (χ0) is 14.1. The maximum absolute atomic E-state index is 12.5. The molecule has 1 aromatic carbocycles. The van der Waals surface area contributed by atoms with Gasteiger partial charge in [0.15, 0.2) is 6.10 Å². The van der Waals surface area contributed by atoms with Gasteiger partial charge in [-0.3, -0.25) is 4.79 Å². The van der Waals surface area contributed by atoms with Gasteiger partial charge in [0.25, 0.3) is 0 Å². The first-order valence-corrected chi connectivity index (χ1v) is 6.51. The number of benzene rings is 1. The Kier molecular flexibility index (Phi) is 3.31. The number of carbonyl (C=O) groups is 2. The Bertz CT molecular complexity index is 544. The third kappa shape index (κ3) is 2.22. The van der Waals surface area contributed by atoms with Crippen molar-refractivity contribution >= 4 is 11.9 Å². The molecule has 2 aliphatic heterocycles. The van der Waals surface area contributed by atoms with Crippen molar-refractivity contribution in [3.63, 3.8) is 0 Å². The number of ether oxygens (including phenoxy) is 2. The molecular formula is C14H15NO5. The molecule has 6 heteroatoms. The minimum Gasteiger partial charge on any atom is -0.492 e. The van der Waals surface area contributed by atoms with Crippen molar-refractivity contribution in [3.05, 3.63) is 29.8 Å². The quantitative estimate of drug-likeness (QED) is 0.850. The van der Waals surface area contributed by atoms with Crippen LogP contribution in [-0.4, -0.2) is 54.3 Å². The van der Waals surface area contributed by atoms with E-state index in [-0.39, 0.29) is 25.0 Å². The van der Waals surface area contributed by atoms with Gasteiger partial charge in [0.2, 0.25) is 5.91 Å². The third-order valence-corrected chi connectivity index (χ3v) is 3.65. The first-order valence-electron chi connectivity index (χ1n) is 6.51. The van der Waals surface area contributed by atoms with Crippen molar-refractivity contribution in [1.29, 1.82) is 0 Å². The summed E-state index contributed by atoms with van der Waals surface area (Å²) in [6.45, 7) is 1.07. The number of hydrogen-bond acceptors (Lipinski definition) is 4. The minimum absolute atomic E-state index is 0.0901. The lowest BCUT2D eigenvalue weighted by Crippen LogP contribution is -2.50. The summed E-state index contributed by atoms with van der Waals surface area (Å²) in [5.74, 6) is -0.747. The van der Waals surface area contributed by atoms with E-state index in [1.165, 1.54) is 0 Å². The molecule has 0 radical (unpaired) electrons. The van der Waals surface area contributed by atoms with Gasteiger partial charge >= 0.3 is 5.97 Å². The smallest absolute Gasteiger partial charge is 0.334 e. The fraction of sp³-hybridized carbons (Fsp3) is 0.429. The average Bonchev–Trinajstić information content (AvgIpc) is 2.90. The SMILES string of the molecule is O=C(O)[C@@H]1CN(C(=O)[C@@H]2COc3ccccc32)CCO1. The van der Waals surface area contributed by atoms with E-state index in [1.807, 2.05) is 24.3 Å². The van der Waals surface area contributed by atoms with Gasteiger partial charge < -0.3 is 19.5 Å². The number of aliphatic carboxylic acids is 1. The van der Waals surface area contributed by atoms with Crippen LogP contribution in [0, 0.1) is 0 Å². The number of rotatable bonds is 2. The van der Waals surface area contributed by atoms with Crippen molar-refractivity contribution < 1.29 is 24.2 Å². The number of hydrogen-bond donors (Lipinski definition) is 1. The van der Waals surface area contributed by atoms with Crippen LogP contribution in [0.1, 0.15) is 11.5 Å². The first kappa shape index (κ1) is 12.9. The summed E-state index contributed by atoms with van der Waals surface area (Å²) in [6.07, 6.45) is -0.940. The first-order chi connectivity index (χ1) is 9.66. The Labute approximate surface area is 115 Å². The molecule has 0 bridgehead atoms. The monoisotopic (exact) mass is 277 g/mol. The number of fused-ring (bicyclic) bond motifs is 1. The lowest BCUT2D eigenvalue weighted by Gasteiger charge is -2.32. The number of para-hydroxylation sites is 1. The molecule has 0 saturated carbocycles. The molecular weight excluding hydrogens is 262 g/mol. The van der Waals surface area contributed by atoms with Crippen LogP contribution < -0.4 is 4.74 Å². The van der Waals surface area contributed by atoms with E-state index in [9.17, 15) is 9.59 Å². The van der Waals surface area contributed by atoms with Crippen LogP contribution in [0.3, 0.4) is 0 Å². The van der Waals surface area contributed by atoms with Crippen LogP contribution in [0.25, 0.3) is 0 Å². The van der Waals surface area contributed by atoms with Gasteiger partial charge in [-0.05, 0) is 6.07 Å². The van der Waals surface area contributed by atoms with Crippen LogP contribution >= 0.6 is 0 Å². The number of carboxylic acid groups (broad SMARTS) is 1. The van der Waals surface area contributed by atoms with E-state index < -0.39 is 12.1 Å². The number of carboxylic acids is 1. The Hall–Kier alpha value is -2.08. The van der Waals surface area contributed by atoms with E-state index in [2.05, 4.69) is 0 Å². The maximum Gasteiger partial charge on any atom is 0.334 e. The molecule has 2 atom stereocenters. The van der Waals surface area contributed by atoms with Crippen LogP contribution in [0.5, 0.6) is 5.75 Å². The lowest BCUT2D eigenvalue weighted by atomic mass is 9.99. The highest BCUT2D eigenvalue weighted by Gasteiger charge is 2.36. The highest BCUT2D eigenvalue weighted by Crippen LogP contribution is 2.34. The molecule has 2 aliphatic rings. The Morgan fingerprint density at radius 1 is 1.30 bits per heavy atom. The van der Waals surface area contributed by atoms with Gasteiger partial charge in [0.1, 0.15) is 18.3 Å². The van der Waals surface area contributed by atoms with Crippen LogP contribution in [0.2, 0.25) is 0 Å². The van der Waals surface area contributed by atoms with E-state index in [4.69, 9.17) is 14.6 Å². The predicted molar refractivity (Wildman–Crippen MR) is 68.6 cm³/mol. The van der Waals surface area contributed by atoms with Gasteiger partial charge in [0, 0.05) is 12.1 Å². The molecule has 1 fully saturated rings. The molecule has 1 saturated heterocycles. The fourth-order valence-electron chi connectivity index (χ4n) is 2.59. The summed E-state index contributed by atoms with van der Waals surface area (Å²) in [7, 11) is 0. The molecule has 0 spiro atoms. The van der Waals surface area contributed by atoms with Crippen LogP contribution in [0.15, 0.2) is 24.3 Å². The largest absolute Gasteiger partial charge is 0.492 e. The highest BCUT2D eigenvalue weighted by atomic mass is 16.5. The van der Waals surface area contributed by atoms with Crippen molar-refractivity contribution in [2.45, 2.75) is 12.0 Å². The maximum atomic E-state index is 12.5. The van der Waals surface area contributed by atoms with E-state index >= 15 is 0 Å². The zero-order valence-corrected chi connectivity index (χ0v) is 10.8. The Morgan fingerprint density at radius 3 is 2.90 bits per heavy atom. The van der Waals surface area contributed by atoms with Crippen molar-refractivity contribution in [3.8, 4) is 5.75 Å². The van der Waals surface area contributed by atoms with Gasteiger partial charge in [-0.15, -0.1) is 0 Å². The molecule has 0 aromatic heterocycles. The third-order valence-electron chi connectivity index (χ3n) is 3.65. The standard InChI is InChI=1S/C14H15NO5/c16-13(15-5-6-19-12(7-15)14(17)18)10-8-20-11-4-2-1-3-9(10)11/h1-4,10,12H,5-8H2,(H,17,18)/t10-,12+/m1/s1. The molecule has 1 amide bonds. The minimum atomic E-state index is -1.04. The molecule has 2 heterocycles. The average molecular weight is 277 g/mol. The second kappa shape index (κ2) is 5.13. The topological polar surface area (TPSA) is 76.1 Å². The van der Waals surface area contributed by atoms with Crippen molar-refractivity contribution in [1.82, 2.24) is 4.90 Å². The van der Waals surface area contributed by atoms with Crippen molar-refractivity contribution in [2.24, 2.45) is 0 Å². The molecule has 1 aromatic rings. The van der Waals surface area contributed by atoms with Gasteiger partial charge in [0.05, 0.1) is 13.2 Å². The van der Waals surface area contributed by atoms with E-state index in [0.717, 1.165) is 11.3 Å². The number of carbonyl (C=O) groups excluding carboxylic acids is 1. The number of amides is 1. The number of morpholine rings is 1. The summed E-state index contributed by atoms with van der Waals surface area (Å²) in [5.41, 5.74) is 0.871. The Morgan fingerprint density at radius 2 is 2.10 bits per heavy atom. The Balaban J connectivity index is 1.75. The van der Waals surface area contributed by atoms with E-state index in [1.54, 1.807) is 4.90 Å².